The normalized spacial score (nSPS) is 19.3. The molecule has 0 saturated carbocycles. The van der Waals surface area contributed by atoms with E-state index >= 15 is 0 Å². The lowest BCUT2D eigenvalue weighted by Gasteiger charge is -1.95. The fraction of sp³-hybridized carbons (Fsp3) is 0.429. The molecule has 14 heavy (non-hydrogen) atoms. The van der Waals surface area contributed by atoms with Crippen LogP contribution in [0.15, 0.2) is 6.20 Å². The molecule has 0 saturated heterocycles. The SMILES string of the molecule is O=C(O)C1CCn2c([N+](=O)[O-])cnc21. The van der Waals surface area contributed by atoms with Crippen LogP contribution in [0.5, 0.6) is 0 Å². The molecule has 1 atom stereocenters. The van der Waals surface area contributed by atoms with Gasteiger partial charge in [0.05, 0.1) is 6.54 Å². The van der Waals surface area contributed by atoms with Crippen LogP contribution >= 0.6 is 0 Å². The van der Waals surface area contributed by atoms with Crippen LogP contribution in [0.25, 0.3) is 0 Å². The van der Waals surface area contributed by atoms with Crippen molar-refractivity contribution in [3.8, 4) is 0 Å². The molecule has 1 N–H and O–H groups in total. The Balaban J connectivity index is 2.44. The monoisotopic (exact) mass is 197 g/mol. The van der Waals surface area contributed by atoms with Crippen molar-refractivity contribution >= 4 is 11.8 Å². The van der Waals surface area contributed by atoms with Crippen molar-refractivity contribution in [2.45, 2.75) is 18.9 Å². The zero-order valence-electron chi connectivity index (χ0n) is 7.08. The number of carbonyl (C=O) groups is 1. The zero-order valence-corrected chi connectivity index (χ0v) is 7.08. The Labute approximate surface area is 78.1 Å². The highest BCUT2D eigenvalue weighted by atomic mass is 16.6. The summed E-state index contributed by atoms with van der Waals surface area (Å²) in [5, 5.41) is 19.3. The number of carboxylic acid groups (broad SMARTS) is 1. The molecule has 0 fully saturated rings. The fourth-order valence-corrected chi connectivity index (χ4v) is 1.65. The lowest BCUT2D eigenvalue weighted by Crippen LogP contribution is -2.08. The summed E-state index contributed by atoms with van der Waals surface area (Å²) in [6.07, 6.45) is 1.48. The van der Waals surface area contributed by atoms with Crippen LogP contribution in [0.1, 0.15) is 18.2 Å². The quantitative estimate of drug-likeness (QED) is 0.545. The van der Waals surface area contributed by atoms with E-state index in [-0.39, 0.29) is 11.6 Å². The number of nitro groups is 1. The third-order valence-corrected chi connectivity index (χ3v) is 2.30. The van der Waals surface area contributed by atoms with Gasteiger partial charge in [-0.2, -0.15) is 0 Å². The number of fused-ring (bicyclic) bond motifs is 1. The average Bonchev–Trinajstić information content (AvgIpc) is 2.59. The molecule has 1 unspecified atom stereocenters. The highest BCUT2D eigenvalue weighted by molar-refractivity contribution is 5.75. The summed E-state index contributed by atoms with van der Waals surface area (Å²) in [6, 6.07) is 0. The van der Waals surface area contributed by atoms with Gasteiger partial charge in [0.2, 0.25) is 5.82 Å². The Morgan fingerprint density at radius 1 is 1.79 bits per heavy atom. The molecule has 2 heterocycles. The lowest BCUT2D eigenvalue weighted by molar-refractivity contribution is -0.392. The molecule has 1 aliphatic rings. The largest absolute Gasteiger partial charge is 0.481 e. The maximum atomic E-state index is 10.7. The number of aliphatic carboxylic acids is 1. The van der Waals surface area contributed by atoms with E-state index in [0.717, 1.165) is 6.20 Å². The van der Waals surface area contributed by atoms with E-state index in [9.17, 15) is 14.9 Å². The summed E-state index contributed by atoms with van der Waals surface area (Å²) in [5.74, 6) is -1.54. The fourth-order valence-electron chi connectivity index (χ4n) is 1.65. The van der Waals surface area contributed by atoms with Gasteiger partial charge < -0.3 is 15.2 Å². The molecule has 0 aromatic carbocycles. The molecule has 2 rings (SSSR count). The van der Waals surface area contributed by atoms with Crippen LogP contribution in [0, 0.1) is 10.1 Å². The van der Waals surface area contributed by atoms with E-state index in [1.807, 2.05) is 0 Å². The van der Waals surface area contributed by atoms with Crippen molar-refractivity contribution in [1.29, 1.82) is 0 Å². The maximum Gasteiger partial charge on any atom is 0.342 e. The second kappa shape index (κ2) is 2.79. The van der Waals surface area contributed by atoms with Crippen molar-refractivity contribution in [2.75, 3.05) is 0 Å². The zero-order chi connectivity index (χ0) is 10.3. The second-order valence-electron chi connectivity index (χ2n) is 3.06. The van der Waals surface area contributed by atoms with Crippen LogP contribution in [-0.2, 0) is 11.3 Å². The molecular weight excluding hydrogens is 190 g/mol. The topological polar surface area (TPSA) is 98.3 Å². The summed E-state index contributed by atoms with van der Waals surface area (Å²) >= 11 is 0. The van der Waals surface area contributed by atoms with Gasteiger partial charge in [0.1, 0.15) is 12.1 Å². The Bertz CT molecular complexity index is 411. The van der Waals surface area contributed by atoms with Crippen LogP contribution in [0.3, 0.4) is 0 Å². The molecule has 0 radical (unpaired) electrons. The van der Waals surface area contributed by atoms with E-state index in [0.29, 0.717) is 13.0 Å². The summed E-state index contributed by atoms with van der Waals surface area (Å²) in [6.45, 7) is 0.350. The number of carboxylic acids is 1. The molecule has 0 spiro atoms. The third kappa shape index (κ3) is 1.05. The summed E-state index contributed by atoms with van der Waals surface area (Å²) < 4.78 is 1.35. The molecule has 7 heteroatoms. The van der Waals surface area contributed by atoms with E-state index in [4.69, 9.17) is 5.11 Å². The van der Waals surface area contributed by atoms with E-state index < -0.39 is 16.8 Å². The molecule has 7 nitrogen and oxygen atoms in total. The van der Waals surface area contributed by atoms with Crippen LogP contribution in [0.2, 0.25) is 0 Å². The lowest BCUT2D eigenvalue weighted by atomic mass is 10.1. The Morgan fingerprint density at radius 2 is 2.50 bits per heavy atom. The van der Waals surface area contributed by atoms with Gasteiger partial charge in [0.25, 0.3) is 0 Å². The predicted octanol–water partition coefficient (Wildman–Crippen LogP) is 0.363. The molecule has 0 amide bonds. The molecular formula is C7H7N3O4. The number of aromatic nitrogens is 2. The number of nitrogens with zero attached hydrogens (tertiary/aromatic N) is 3. The van der Waals surface area contributed by atoms with Crippen molar-refractivity contribution in [1.82, 2.24) is 9.55 Å². The molecule has 1 aliphatic heterocycles. The molecule has 1 aromatic rings. The van der Waals surface area contributed by atoms with Gasteiger partial charge in [-0.05, 0) is 4.92 Å². The Hall–Kier alpha value is -1.92. The molecule has 1 aromatic heterocycles. The van der Waals surface area contributed by atoms with Gasteiger partial charge in [-0.25, -0.2) is 9.55 Å². The van der Waals surface area contributed by atoms with E-state index in [1.165, 1.54) is 4.57 Å². The first-order chi connectivity index (χ1) is 6.61. The first kappa shape index (κ1) is 8.67. The first-order valence-electron chi connectivity index (χ1n) is 4.04. The molecule has 0 aliphatic carbocycles. The average molecular weight is 197 g/mol. The Kier molecular flexibility index (Phi) is 1.73. The van der Waals surface area contributed by atoms with Crippen LogP contribution in [-0.4, -0.2) is 25.6 Å². The predicted molar refractivity (Wildman–Crippen MR) is 43.9 cm³/mol. The van der Waals surface area contributed by atoms with Crippen molar-refractivity contribution in [2.24, 2.45) is 0 Å². The first-order valence-corrected chi connectivity index (χ1v) is 4.04. The van der Waals surface area contributed by atoms with Gasteiger partial charge in [-0.3, -0.25) is 4.79 Å². The minimum absolute atomic E-state index is 0.135. The summed E-state index contributed by atoms with van der Waals surface area (Å²) in [7, 11) is 0. The Morgan fingerprint density at radius 3 is 3.07 bits per heavy atom. The van der Waals surface area contributed by atoms with Gasteiger partial charge >= 0.3 is 11.8 Å². The van der Waals surface area contributed by atoms with E-state index in [1.54, 1.807) is 0 Å². The number of imidazole rings is 1. The van der Waals surface area contributed by atoms with Crippen molar-refractivity contribution in [3.63, 3.8) is 0 Å². The molecule has 74 valence electrons. The molecule has 0 bridgehead atoms. The summed E-state index contributed by atoms with van der Waals surface area (Å²) in [4.78, 5) is 24.4. The highest BCUT2D eigenvalue weighted by Crippen LogP contribution is 2.31. The van der Waals surface area contributed by atoms with Crippen LogP contribution in [0.4, 0.5) is 5.82 Å². The van der Waals surface area contributed by atoms with Gasteiger partial charge in [0.15, 0.2) is 0 Å². The number of hydrogen-bond donors (Lipinski definition) is 1. The number of rotatable bonds is 2. The van der Waals surface area contributed by atoms with E-state index in [2.05, 4.69) is 4.98 Å². The minimum Gasteiger partial charge on any atom is -0.481 e. The maximum absolute atomic E-state index is 10.7. The number of hydrogen-bond acceptors (Lipinski definition) is 4. The second-order valence-corrected chi connectivity index (χ2v) is 3.06. The third-order valence-electron chi connectivity index (χ3n) is 2.30. The minimum atomic E-state index is -0.982. The standard InChI is InChI=1S/C7H7N3O4/c11-7(12)4-1-2-9-5(10(13)14)3-8-6(4)9/h3-4H,1-2H2,(H,11,12). The van der Waals surface area contributed by atoms with Crippen LogP contribution < -0.4 is 0 Å². The van der Waals surface area contributed by atoms with Crippen molar-refractivity contribution in [3.05, 3.63) is 22.1 Å². The van der Waals surface area contributed by atoms with Gasteiger partial charge in [-0.1, -0.05) is 0 Å². The summed E-state index contributed by atoms with van der Waals surface area (Å²) in [5.41, 5.74) is 0. The van der Waals surface area contributed by atoms with Crippen molar-refractivity contribution < 1.29 is 14.8 Å². The van der Waals surface area contributed by atoms with Gasteiger partial charge in [0, 0.05) is 6.42 Å². The van der Waals surface area contributed by atoms with Gasteiger partial charge in [-0.15, -0.1) is 0 Å². The smallest absolute Gasteiger partial charge is 0.342 e. The highest BCUT2D eigenvalue weighted by Gasteiger charge is 2.37.